The zero-order valence-electron chi connectivity index (χ0n) is 11.7. The van der Waals surface area contributed by atoms with E-state index in [4.69, 9.17) is 4.74 Å². The first-order valence-corrected chi connectivity index (χ1v) is 6.82. The van der Waals surface area contributed by atoms with Crippen LogP contribution < -0.4 is 5.32 Å². The van der Waals surface area contributed by atoms with Gasteiger partial charge >= 0.3 is 5.70 Å². The molecule has 6 nitrogen and oxygen atoms in total. The molecule has 0 saturated heterocycles. The Labute approximate surface area is 122 Å². The Hall–Kier alpha value is -2.59. The molecule has 21 heavy (non-hydrogen) atoms. The van der Waals surface area contributed by atoms with Gasteiger partial charge < -0.3 is 10.1 Å². The summed E-state index contributed by atoms with van der Waals surface area (Å²) in [7, 11) is 0. The van der Waals surface area contributed by atoms with E-state index < -0.39 is 4.92 Å². The van der Waals surface area contributed by atoms with Gasteiger partial charge in [0.15, 0.2) is 5.94 Å². The van der Waals surface area contributed by atoms with Crippen molar-refractivity contribution in [1.29, 1.82) is 0 Å². The molecule has 1 heterocycles. The van der Waals surface area contributed by atoms with Crippen LogP contribution in [0.5, 0.6) is 0 Å². The monoisotopic (exact) mass is 288 g/mol. The first kappa shape index (κ1) is 14.8. The number of ether oxygens (including phenoxy) is 1. The number of carbonyl (C=O) groups excluding carboxylic acids is 1. The number of nitrogens with zero attached hydrogens (tertiary/aromatic N) is 1. The van der Waals surface area contributed by atoms with E-state index in [1.54, 1.807) is 30.2 Å². The fourth-order valence-electron chi connectivity index (χ4n) is 2.15. The van der Waals surface area contributed by atoms with Gasteiger partial charge in [-0.3, -0.25) is 10.1 Å². The first-order valence-electron chi connectivity index (χ1n) is 6.82. The molecule has 0 radical (unpaired) electrons. The quantitative estimate of drug-likeness (QED) is 0.376. The highest BCUT2D eigenvalue weighted by molar-refractivity contribution is 5.86. The lowest BCUT2D eigenvalue weighted by Crippen LogP contribution is -2.19. The predicted molar refractivity (Wildman–Crippen MR) is 78.7 cm³/mol. The van der Waals surface area contributed by atoms with Gasteiger partial charge in [-0.2, -0.15) is 0 Å². The summed E-state index contributed by atoms with van der Waals surface area (Å²) in [6.45, 7) is 2.44. The third-order valence-electron chi connectivity index (χ3n) is 3.16. The largest absolute Gasteiger partial charge is 0.486 e. The Balaban J connectivity index is 2.43. The number of nitrogens with one attached hydrogen (secondary N) is 1. The van der Waals surface area contributed by atoms with Crippen LogP contribution in [0.4, 0.5) is 5.69 Å². The maximum atomic E-state index is 11.3. The number of anilines is 1. The van der Waals surface area contributed by atoms with Crippen molar-refractivity contribution >= 4 is 17.4 Å². The lowest BCUT2D eigenvalue weighted by atomic mass is 10.0. The molecule has 0 atom stereocenters. The Morgan fingerprint density at radius 3 is 2.76 bits per heavy atom. The first-order chi connectivity index (χ1) is 10.2. The van der Waals surface area contributed by atoms with E-state index in [0.717, 1.165) is 19.3 Å². The molecule has 0 fully saturated rings. The number of hydrogen-bond donors (Lipinski definition) is 1. The summed E-state index contributed by atoms with van der Waals surface area (Å²) in [6, 6.07) is 7.00. The minimum Gasteiger partial charge on any atom is -0.486 e. The smallest absolute Gasteiger partial charge is 0.346 e. The normalized spacial score (nSPS) is 13.3. The van der Waals surface area contributed by atoms with E-state index in [1.165, 1.54) is 0 Å². The third-order valence-corrected chi connectivity index (χ3v) is 3.16. The molecule has 6 heteroatoms. The molecule has 1 aromatic carbocycles. The number of fused-ring (bicyclic) bond motifs is 1. The third kappa shape index (κ3) is 3.12. The summed E-state index contributed by atoms with van der Waals surface area (Å²) >= 11 is 0. The molecule has 2 rings (SSSR count). The van der Waals surface area contributed by atoms with Gasteiger partial charge in [0.25, 0.3) is 0 Å². The number of hydrogen-bond acceptors (Lipinski definition) is 5. The highest BCUT2D eigenvalue weighted by Crippen LogP contribution is 2.35. The summed E-state index contributed by atoms with van der Waals surface area (Å²) in [4.78, 5) is 21.6. The molecule has 0 unspecified atom stereocenters. The fraction of sp³-hybridized carbons (Fsp3) is 0.333. The van der Waals surface area contributed by atoms with Crippen molar-refractivity contribution < 1.29 is 14.5 Å². The summed E-state index contributed by atoms with van der Waals surface area (Å²) in [6.07, 6.45) is 2.82. The molecule has 110 valence electrons. The van der Waals surface area contributed by atoms with Crippen molar-refractivity contribution in [3.63, 3.8) is 0 Å². The average Bonchev–Trinajstić information content (AvgIpc) is 2.50. The van der Waals surface area contributed by atoms with Crippen molar-refractivity contribution in [2.75, 3.05) is 11.9 Å². The molecule has 1 aliphatic heterocycles. The second-order valence-electron chi connectivity index (χ2n) is 4.64. The maximum Gasteiger partial charge on any atom is 0.346 e. The molecule has 1 aromatic rings. The van der Waals surface area contributed by atoms with E-state index >= 15 is 0 Å². The molecule has 0 bridgehead atoms. The number of para-hydroxylation sites is 1. The second-order valence-corrected chi connectivity index (χ2v) is 4.64. The molecule has 1 aliphatic rings. The molecule has 1 N–H and O–H groups in total. The van der Waals surface area contributed by atoms with Gasteiger partial charge in [0, 0.05) is 5.56 Å². The maximum absolute atomic E-state index is 11.3. The van der Waals surface area contributed by atoms with Crippen LogP contribution in [0.2, 0.25) is 0 Å². The molecular formula is C15H16N2O4. The Kier molecular flexibility index (Phi) is 4.74. The van der Waals surface area contributed by atoms with Gasteiger partial charge in [0.1, 0.15) is 0 Å². The van der Waals surface area contributed by atoms with Gasteiger partial charge in [-0.1, -0.05) is 31.9 Å². The molecular weight excluding hydrogens is 272 g/mol. The van der Waals surface area contributed by atoms with Gasteiger partial charge in [-0.25, -0.2) is 4.79 Å². The van der Waals surface area contributed by atoms with Crippen LogP contribution in [-0.4, -0.2) is 17.5 Å². The van der Waals surface area contributed by atoms with Gasteiger partial charge in [0.2, 0.25) is 11.5 Å². The van der Waals surface area contributed by atoms with Gasteiger partial charge in [0.05, 0.1) is 17.2 Å². The van der Waals surface area contributed by atoms with E-state index in [9.17, 15) is 14.9 Å². The zero-order valence-corrected chi connectivity index (χ0v) is 11.7. The predicted octanol–water partition coefficient (Wildman–Crippen LogP) is 2.98. The standard InChI is InChI=1S/C15H16N2O4/c1-2-3-6-9-21-15-11-7-4-5-8-12(11)16-13(10-18)14(15)17(19)20/h4-5,7-8,16H,2-3,6,9H2,1H3. The van der Waals surface area contributed by atoms with Crippen LogP contribution in [0.1, 0.15) is 31.7 Å². The van der Waals surface area contributed by atoms with E-state index in [1.807, 2.05) is 0 Å². The number of benzene rings is 1. The number of nitro groups is 1. The van der Waals surface area contributed by atoms with E-state index in [2.05, 4.69) is 12.2 Å². The summed E-state index contributed by atoms with van der Waals surface area (Å²) < 4.78 is 5.62. The van der Waals surface area contributed by atoms with Crippen LogP contribution in [0.25, 0.3) is 5.76 Å². The topological polar surface area (TPSA) is 81.5 Å². The molecule has 0 saturated carbocycles. The number of rotatable bonds is 6. The van der Waals surface area contributed by atoms with Crippen molar-refractivity contribution in [3.05, 3.63) is 51.3 Å². The lowest BCUT2D eigenvalue weighted by Gasteiger charge is -2.20. The Morgan fingerprint density at radius 1 is 1.33 bits per heavy atom. The summed E-state index contributed by atoms with van der Waals surface area (Å²) in [5.74, 6) is 1.71. The van der Waals surface area contributed by atoms with Crippen molar-refractivity contribution in [2.24, 2.45) is 0 Å². The Bertz CT molecular complexity index is 630. The van der Waals surface area contributed by atoms with Crippen LogP contribution >= 0.6 is 0 Å². The SMILES string of the molecule is CCCCCOC1=C([N+](=O)[O-])C(=C=O)Nc2ccccc21. The van der Waals surface area contributed by atoms with E-state index in [0.29, 0.717) is 17.9 Å². The highest BCUT2D eigenvalue weighted by Gasteiger charge is 2.33. The minimum absolute atomic E-state index is 0.129. The van der Waals surface area contributed by atoms with Crippen LogP contribution in [0.3, 0.4) is 0 Å². The minimum atomic E-state index is -0.613. The van der Waals surface area contributed by atoms with Gasteiger partial charge in [-0.15, -0.1) is 0 Å². The van der Waals surface area contributed by atoms with Crippen LogP contribution in [-0.2, 0) is 9.53 Å². The fourth-order valence-corrected chi connectivity index (χ4v) is 2.15. The summed E-state index contributed by atoms with van der Waals surface area (Å²) in [5.41, 5.74) is 0.621. The van der Waals surface area contributed by atoms with Crippen LogP contribution in [0, 0.1) is 10.1 Å². The second kappa shape index (κ2) is 6.72. The highest BCUT2D eigenvalue weighted by atomic mass is 16.6. The van der Waals surface area contributed by atoms with Crippen molar-refractivity contribution in [3.8, 4) is 0 Å². The molecule has 0 aromatic heterocycles. The zero-order chi connectivity index (χ0) is 15.2. The lowest BCUT2D eigenvalue weighted by molar-refractivity contribution is -0.420. The summed E-state index contributed by atoms with van der Waals surface area (Å²) in [5, 5.41) is 14.0. The average molecular weight is 288 g/mol. The van der Waals surface area contributed by atoms with Crippen molar-refractivity contribution in [1.82, 2.24) is 0 Å². The number of unbranched alkanes of at least 4 members (excludes halogenated alkanes) is 2. The van der Waals surface area contributed by atoms with Crippen molar-refractivity contribution in [2.45, 2.75) is 26.2 Å². The van der Waals surface area contributed by atoms with Gasteiger partial charge in [-0.05, 0) is 18.6 Å². The molecule has 0 aliphatic carbocycles. The van der Waals surface area contributed by atoms with Crippen LogP contribution in [0.15, 0.2) is 35.7 Å². The molecule has 0 amide bonds. The Morgan fingerprint density at radius 2 is 2.10 bits per heavy atom. The van der Waals surface area contributed by atoms with E-state index in [-0.39, 0.29) is 17.2 Å². The molecule has 0 spiro atoms.